The first-order chi connectivity index (χ1) is 14.0. The molecule has 4 rings (SSSR count). The Morgan fingerprint density at radius 1 is 1.33 bits per heavy atom. The Balaban J connectivity index is 0.000000228. The maximum absolute atomic E-state index is 13.0. The zero-order valence-corrected chi connectivity index (χ0v) is 17.4. The average Bonchev–Trinajstić information content (AvgIpc) is 3.31. The second kappa shape index (κ2) is 9.32. The molecular formula is C18H23ClF5N5O. The van der Waals surface area contributed by atoms with Gasteiger partial charge in [0.1, 0.15) is 5.92 Å². The van der Waals surface area contributed by atoms with E-state index in [0.717, 1.165) is 0 Å². The first kappa shape index (κ1) is 24.1. The number of nitrogens with one attached hydrogen (secondary N) is 1. The van der Waals surface area contributed by atoms with E-state index in [2.05, 4.69) is 15.4 Å². The maximum atomic E-state index is 13.0. The molecule has 2 atom stereocenters. The number of hydrogen-bond donors (Lipinski definition) is 1. The van der Waals surface area contributed by atoms with Crippen molar-refractivity contribution in [3.05, 3.63) is 23.1 Å². The van der Waals surface area contributed by atoms with Crippen molar-refractivity contribution in [1.29, 1.82) is 0 Å². The van der Waals surface area contributed by atoms with E-state index in [1.165, 1.54) is 21.7 Å². The number of fused-ring (bicyclic) bond motifs is 3. The van der Waals surface area contributed by atoms with Crippen molar-refractivity contribution in [2.45, 2.75) is 57.2 Å². The Hall–Kier alpha value is -2.17. The van der Waals surface area contributed by atoms with Gasteiger partial charge in [-0.15, -0.1) is 0 Å². The quantitative estimate of drug-likeness (QED) is 0.537. The summed E-state index contributed by atoms with van der Waals surface area (Å²) in [5.41, 5.74) is 0.856. The van der Waals surface area contributed by atoms with Gasteiger partial charge in [0.25, 0.3) is 0 Å². The number of rotatable bonds is 2. The fourth-order valence-corrected chi connectivity index (χ4v) is 3.61. The van der Waals surface area contributed by atoms with Crippen molar-refractivity contribution in [2.75, 3.05) is 18.5 Å². The minimum absolute atomic E-state index is 0.0987. The van der Waals surface area contributed by atoms with Crippen LogP contribution in [-0.4, -0.2) is 52.7 Å². The molecule has 1 aliphatic carbocycles. The number of aromatic nitrogens is 3. The molecule has 2 aliphatic rings. The van der Waals surface area contributed by atoms with Gasteiger partial charge in [-0.1, -0.05) is 25.4 Å². The second-order valence-corrected chi connectivity index (χ2v) is 7.21. The number of carbonyl (C=O) groups excluding carboxylic acids is 1. The molecule has 1 saturated carbocycles. The van der Waals surface area contributed by atoms with Crippen molar-refractivity contribution in [3.63, 3.8) is 0 Å². The van der Waals surface area contributed by atoms with Gasteiger partial charge in [-0.05, 0) is 6.42 Å². The van der Waals surface area contributed by atoms with Crippen molar-refractivity contribution in [2.24, 2.45) is 0 Å². The lowest BCUT2D eigenvalue weighted by atomic mass is 10.1. The molecule has 0 bridgehead atoms. The molecular weight excluding hydrogens is 433 g/mol. The topological polar surface area (TPSA) is 62.5 Å². The van der Waals surface area contributed by atoms with E-state index in [4.69, 9.17) is 11.6 Å². The van der Waals surface area contributed by atoms with Gasteiger partial charge in [-0.2, -0.15) is 18.3 Å². The van der Waals surface area contributed by atoms with Crippen molar-refractivity contribution >= 4 is 29.3 Å². The standard InChI is InChI=1S/C10H8ClF3N4.C6H9F2NO.C2H6/c1-17-4-5(10(12,13)14)9-6(17)3-15-8-2-7(11)16-18(8)9;7-6(8)2-1-5(3-6)9-4-10;1-2/h2-3,5H,4H2,1H3;4-5H,1-3H2,(H,9,10);1-2H3. The van der Waals surface area contributed by atoms with Crippen molar-refractivity contribution in [3.8, 4) is 0 Å². The minimum Gasteiger partial charge on any atom is -0.371 e. The monoisotopic (exact) mass is 455 g/mol. The molecule has 0 spiro atoms. The number of nitrogens with zero attached hydrogens (tertiary/aromatic N) is 4. The van der Waals surface area contributed by atoms with Gasteiger partial charge in [0.2, 0.25) is 12.3 Å². The molecule has 1 amide bonds. The molecule has 2 aromatic heterocycles. The predicted octanol–water partition coefficient (Wildman–Crippen LogP) is 4.42. The molecule has 1 N–H and O–H groups in total. The Morgan fingerprint density at radius 2 is 2.00 bits per heavy atom. The van der Waals surface area contributed by atoms with Crippen LogP contribution in [0.2, 0.25) is 5.15 Å². The summed E-state index contributed by atoms with van der Waals surface area (Å²) in [6.45, 7) is 3.87. The van der Waals surface area contributed by atoms with E-state index < -0.39 is 18.0 Å². The van der Waals surface area contributed by atoms with Crippen LogP contribution in [0.3, 0.4) is 0 Å². The number of halogens is 6. The van der Waals surface area contributed by atoms with Crippen LogP contribution in [0.1, 0.15) is 44.7 Å². The SMILES string of the molecule is CC.CN1CC(C(F)(F)F)c2c1cnc1cc(Cl)nn21.O=CNC1CCC(F)(F)C1. The summed E-state index contributed by atoms with van der Waals surface area (Å²) in [5.74, 6) is -4.13. The van der Waals surface area contributed by atoms with Crippen LogP contribution in [0.5, 0.6) is 0 Å². The molecule has 30 heavy (non-hydrogen) atoms. The van der Waals surface area contributed by atoms with Crippen LogP contribution in [0.4, 0.5) is 27.6 Å². The van der Waals surface area contributed by atoms with Gasteiger partial charge in [-0.3, -0.25) is 4.79 Å². The zero-order chi connectivity index (χ0) is 22.7. The third kappa shape index (κ3) is 5.30. The van der Waals surface area contributed by atoms with Crippen LogP contribution in [-0.2, 0) is 4.79 Å². The highest BCUT2D eigenvalue weighted by molar-refractivity contribution is 6.29. The van der Waals surface area contributed by atoms with E-state index >= 15 is 0 Å². The Labute approximate surface area is 175 Å². The highest BCUT2D eigenvalue weighted by Crippen LogP contribution is 2.44. The fraction of sp³-hybridized carbons (Fsp3) is 0.611. The van der Waals surface area contributed by atoms with Crippen LogP contribution in [0.25, 0.3) is 5.65 Å². The summed E-state index contributed by atoms with van der Waals surface area (Å²) in [5, 5.41) is 6.35. The number of anilines is 1. The van der Waals surface area contributed by atoms with Gasteiger partial charge in [-0.25, -0.2) is 18.3 Å². The third-order valence-corrected chi connectivity index (χ3v) is 4.96. The summed E-state index contributed by atoms with van der Waals surface area (Å²) in [6.07, 6.45) is -2.32. The van der Waals surface area contributed by atoms with Crippen LogP contribution < -0.4 is 10.2 Å². The van der Waals surface area contributed by atoms with E-state index in [0.29, 0.717) is 24.2 Å². The van der Waals surface area contributed by atoms with E-state index in [-0.39, 0.29) is 36.3 Å². The molecule has 0 aromatic carbocycles. The lowest BCUT2D eigenvalue weighted by Gasteiger charge is -2.15. The number of alkyl halides is 5. The first-order valence-electron chi connectivity index (χ1n) is 9.41. The highest BCUT2D eigenvalue weighted by atomic mass is 35.5. The van der Waals surface area contributed by atoms with E-state index in [1.54, 1.807) is 7.05 Å². The lowest BCUT2D eigenvalue weighted by Crippen LogP contribution is -2.26. The van der Waals surface area contributed by atoms with Crippen molar-refractivity contribution in [1.82, 2.24) is 19.9 Å². The summed E-state index contributed by atoms with van der Waals surface area (Å²) in [4.78, 5) is 15.4. The summed E-state index contributed by atoms with van der Waals surface area (Å²) < 4.78 is 65.0. The summed E-state index contributed by atoms with van der Waals surface area (Å²) >= 11 is 5.72. The number of amides is 1. The molecule has 3 heterocycles. The lowest BCUT2D eigenvalue weighted by molar-refractivity contribution is -0.147. The number of carbonyl (C=O) groups is 1. The maximum Gasteiger partial charge on any atom is 0.399 e. The summed E-state index contributed by atoms with van der Waals surface area (Å²) in [6, 6.07) is 1.13. The highest BCUT2D eigenvalue weighted by Gasteiger charge is 2.48. The molecule has 6 nitrogen and oxygen atoms in total. The van der Waals surface area contributed by atoms with Crippen LogP contribution in [0.15, 0.2) is 12.3 Å². The normalized spacial score (nSPS) is 22.0. The van der Waals surface area contributed by atoms with Gasteiger partial charge < -0.3 is 10.2 Å². The van der Waals surface area contributed by atoms with Crippen molar-refractivity contribution < 1.29 is 26.7 Å². The second-order valence-electron chi connectivity index (χ2n) is 6.82. The van der Waals surface area contributed by atoms with Gasteiger partial charge >= 0.3 is 6.18 Å². The molecule has 1 fully saturated rings. The number of likely N-dealkylation sites (N-methyl/N-ethyl adjacent to an activating group) is 1. The fourth-order valence-electron chi connectivity index (χ4n) is 3.44. The van der Waals surface area contributed by atoms with Gasteiger partial charge in [0, 0.05) is 38.5 Å². The minimum atomic E-state index is -4.31. The smallest absolute Gasteiger partial charge is 0.371 e. The Kier molecular flexibility index (Phi) is 7.49. The molecule has 12 heteroatoms. The predicted molar refractivity (Wildman–Crippen MR) is 103 cm³/mol. The molecule has 1 aliphatic heterocycles. The largest absolute Gasteiger partial charge is 0.399 e. The Bertz CT molecular complexity index is 873. The zero-order valence-electron chi connectivity index (χ0n) is 16.7. The molecule has 0 radical (unpaired) electrons. The van der Waals surface area contributed by atoms with E-state index in [9.17, 15) is 26.7 Å². The van der Waals surface area contributed by atoms with Gasteiger partial charge in [0.05, 0.1) is 17.6 Å². The van der Waals surface area contributed by atoms with Crippen LogP contribution in [0, 0.1) is 0 Å². The average molecular weight is 456 g/mol. The summed E-state index contributed by atoms with van der Waals surface area (Å²) in [7, 11) is 1.60. The number of hydrogen-bond acceptors (Lipinski definition) is 4. The Morgan fingerprint density at radius 3 is 2.53 bits per heavy atom. The molecule has 2 unspecified atom stereocenters. The third-order valence-electron chi connectivity index (χ3n) is 4.77. The molecule has 0 saturated heterocycles. The first-order valence-corrected chi connectivity index (χ1v) is 9.79. The van der Waals surface area contributed by atoms with E-state index in [1.807, 2.05) is 13.8 Å². The molecule has 2 aromatic rings. The van der Waals surface area contributed by atoms with Crippen LogP contribution >= 0.6 is 11.6 Å². The molecule has 168 valence electrons. The van der Waals surface area contributed by atoms with Gasteiger partial charge in [0.15, 0.2) is 10.8 Å².